The van der Waals surface area contributed by atoms with E-state index in [0.717, 1.165) is 24.7 Å². The minimum absolute atomic E-state index is 0.0452. The summed E-state index contributed by atoms with van der Waals surface area (Å²) in [7, 11) is -0.0452. The molecule has 3 nitrogen and oxygen atoms in total. The predicted molar refractivity (Wildman–Crippen MR) is 80.6 cm³/mol. The summed E-state index contributed by atoms with van der Waals surface area (Å²) in [6.07, 6.45) is 4.70. The first-order valence-corrected chi connectivity index (χ1v) is 7.38. The van der Waals surface area contributed by atoms with E-state index in [9.17, 15) is 0 Å². The van der Waals surface area contributed by atoms with Crippen LogP contribution in [0.4, 0.5) is 0 Å². The van der Waals surface area contributed by atoms with Crippen LogP contribution in [0.25, 0.3) is 0 Å². The van der Waals surface area contributed by atoms with Crippen LogP contribution in [0.15, 0.2) is 11.5 Å². The molecule has 1 fully saturated rings. The molecule has 4 heteroatoms. The molecule has 0 N–H and O–H groups in total. The summed E-state index contributed by atoms with van der Waals surface area (Å²) in [5, 5.41) is 9.00. The number of nitriles is 1. The standard InChI is InChI=1S/C15H27BN2O/c1-7-9-15(6)11-14(8-10-17)16(19-15)18(12(2)3)13(4)5/h8,12-13H,7,9,11H2,1-6H3/b14-8-. The lowest BCUT2D eigenvalue weighted by Gasteiger charge is -2.35. The Kier molecular flexibility index (Phi) is 5.64. The SMILES string of the molecule is CCCC1(C)C/C(=C/C#N)B(N(C(C)C)C(C)C)O1. The summed E-state index contributed by atoms with van der Waals surface area (Å²) in [5.41, 5.74) is 1.00. The monoisotopic (exact) mass is 262 g/mol. The smallest absolute Gasteiger partial charge is 0.412 e. The summed E-state index contributed by atoms with van der Waals surface area (Å²) in [6, 6.07) is 2.98. The third-order valence-electron chi connectivity index (χ3n) is 3.78. The minimum Gasteiger partial charge on any atom is -0.412 e. The Labute approximate surface area is 118 Å². The molecule has 0 radical (unpaired) electrons. The van der Waals surface area contributed by atoms with Crippen molar-refractivity contribution in [1.29, 1.82) is 5.26 Å². The lowest BCUT2D eigenvalue weighted by Crippen LogP contribution is -2.50. The zero-order valence-electron chi connectivity index (χ0n) is 13.2. The second kappa shape index (κ2) is 6.59. The maximum Gasteiger partial charge on any atom is 0.416 e. The summed E-state index contributed by atoms with van der Waals surface area (Å²) in [6.45, 7) is 13.1. The van der Waals surface area contributed by atoms with Crippen molar-refractivity contribution < 1.29 is 4.65 Å². The van der Waals surface area contributed by atoms with Gasteiger partial charge < -0.3 is 9.47 Å². The summed E-state index contributed by atoms with van der Waals surface area (Å²) >= 11 is 0. The van der Waals surface area contributed by atoms with Gasteiger partial charge in [-0.2, -0.15) is 5.26 Å². The topological polar surface area (TPSA) is 36.3 Å². The molecule has 1 aliphatic rings. The zero-order chi connectivity index (χ0) is 14.6. The fraction of sp³-hybridized carbons (Fsp3) is 0.800. The van der Waals surface area contributed by atoms with E-state index in [1.807, 2.05) is 0 Å². The molecule has 1 unspecified atom stereocenters. The molecule has 1 aliphatic heterocycles. The van der Waals surface area contributed by atoms with Crippen LogP contribution in [0.1, 0.15) is 60.8 Å². The first kappa shape index (κ1) is 16.3. The van der Waals surface area contributed by atoms with Crippen molar-refractivity contribution in [1.82, 2.24) is 4.81 Å². The number of hydrogen-bond acceptors (Lipinski definition) is 3. The third-order valence-corrected chi connectivity index (χ3v) is 3.78. The van der Waals surface area contributed by atoms with E-state index in [4.69, 9.17) is 9.92 Å². The first-order valence-electron chi connectivity index (χ1n) is 7.38. The van der Waals surface area contributed by atoms with Gasteiger partial charge >= 0.3 is 7.05 Å². The van der Waals surface area contributed by atoms with Gasteiger partial charge in [-0.3, -0.25) is 0 Å². The van der Waals surface area contributed by atoms with E-state index >= 15 is 0 Å². The summed E-state index contributed by atoms with van der Waals surface area (Å²) in [5.74, 6) is 0. The Morgan fingerprint density at radius 2 is 2.00 bits per heavy atom. The van der Waals surface area contributed by atoms with Gasteiger partial charge in [-0.1, -0.05) is 41.0 Å². The van der Waals surface area contributed by atoms with Gasteiger partial charge in [-0.25, -0.2) is 0 Å². The van der Waals surface area contributed by atoms with Crippen LogP contribution in [0.3, 0.4) is 0 Å². The number of allylic oxidation sites excluding steroid dienone is 1. The van der Waals surface area contributed by atoms with Crippen LogP contribution in [-0.4, -0.2) is 29.5 Å². The highest BCUT2D eigenvalue weighted by Crippen LogP contribution is 2.38. The molecule has 0 bridgehead atoms. The van der Waals surface area contributed by atoms with E-state index in [-0.39, 0.29) is 12.7 Å². The predicted octanol–water partition coefficient (Wildman–Crippen LogP) is 3.56. The normalized spacial score (nSPS) is 25.9. The molecule has 19 heavy (non-hydrogen) atoms. The van der Waals surface area contributed by atoms with Gasteiger partial charge in [0.25, 0.3) is 0 Å². The van der Waals surface area contributed by atoms with Crippen molar-refractivity contribution in [2.24, 2.45) is 0 Å². The molecule has 0 aromatic rings. The van der Waals surface area contributed by atoms with Gasteiger partial charge in [0.1, 0.15) is 0 Å². The van der Waals surface area contributed by atoms with E-state index in [1.54, 1.807) is 6.08 Å². The first-order chi connectivity index (χ1) is 8.84. The van der Waals surface area contributed by atoms with Crippen molar-refractivity contribution in [2.75, 3.05) is 0 Å². The van der Waals surface area contributed by atoms with E-state index < -0.39 is 0 Å². The number of rotatable bonds is 5. The Bertz CT molecular complexity index is 365. The largest absolute Gasteiger partial charge is 0.416 e. The second-order valence-electron chi connectivity index (χ2n) is 6.33. The Balaban J connectivity index is 3.03. The molecule has 0 aromatic heterocycles. The maximum absolute atomic E-state index is 9.00. The highest BCUT2D eigenvalue weighted by atomic mass is 16.5. The molecule has 0 amide bonds. The van der Waals surface area contributed by atoms with Crippen molar-refractivity contribution in [3.63, 3.8) is 0 Å². The van der Waals surface area contributed by atoms with Gasteiger partial charge in [0.15, 0.2) is 0 Å². The molecular weight excluding hydrogens is 235 g/mol. The zero-order valence-corrected chi connectivity index (χ0v) is 13.2. The molecule has 0 aliphatic carbocycles. The Morgan fingerprint density at radius 3 is 2.42 bits per heavy atom. The maximum atomic E-state index is 9.00. The molecular formula is C15H27BN2O. The molecule has 1 saturated heterocycles. The second-order valence-corrected chi connectivity index (χ2v) is 6.33. The molecule has 1 rings (SSSR count). The lowest BCUT2D eigenvalue weighted by molar-refractivity contribution is 0.0803. The van der Waals surface area contributed by atoms with Crippen LogP contribution in [0.2, 0.25) is 0 Å². The number of hydrogen-bond donors (Lipinski definition) is 0. The van der Waals surface area contributed by atoms with Crippen molar-refractivity contribution in [3.8, 4) is 6.07 Å². The molecule has 0 aromatic carbocycles. The van der Waals surface area contributed by atoms with Crippen molar-refractivity contribution in [3.05, 3.63) is 11.5 Å². The van der Waals surface area contributed by atoms with E-state index in [1.165, 1.54) is 0 Å². The van der Waals surface area contributed by atoms with E-state index in [2.05, 4.69) is 52.4 Å². The third kappa shape index (κ3) is 3.84. The average molecular weight is 262 g/mol. The fourth-order valence-corrected chi connectivity index (χ4v) is 3.18. The van der Waals surface area contributed by atoms with Crippen molar-refractivity contribution >= 4 is 7.05 Å². The van der Waals surface area contributed by atoms with Gasteiger partial charge in [0.2, 0.25) is 0 Å². The highest BCUT2D eigenvalue weighted by molar-refractivity contribution is 6.58. The van der Waals surface area contributed by atoms with E-state index in [0.29, 0.717) is 12.1 Å². The van der Waals surface area contributed by atoms with Crippen LogP contribution in [-0.2, 0) is 4.65 Å². The molecule has 0 spiro atoms. The fourth-order valence-electron chi connectivity index (χ4n) is 3.18. The highest BCUT2D eigenvalue weighted by Gasteiger charge is 2.46. The van der Waals surface area contributed by atoms with Crippen LogP contribution in [0.5, 0.6) is 0 Å². The molecule has 106 valence electrons. The summed E-state index contributed by atoms with van der Waals surface area (Å²) < 4.78 is 6.35. The lowest BCUT2D eigenvalue weighted by atomic mass is 9.69. The molecule has 1 heterocycles. The summed E-state index contributed by atoms with van der Waals surface area (Å²) in [4.78, 5) is 2.35. The molecule has 1 atom stereocenters. The van der Waals surface area contributed by atoms with Gasteiger partial charge in [0, 0.05) is 6.08 Å². The van der Waals surface area contributed by atoms with Crippen LogP contribution >= 0.6 is 0 Å². The van der Waals surface area contributed by atoms with Crippen LogP contribution in [0, 0.1) is 11.3 Å². The van der Waals surface area contributed by atoms with Gasteiger partial charge in [-0.15, -0.1) is 0 Å². The Hall–Kier alpha value is -0.785. The van der Waals surface area contributed by atoms with Gasteiger partial charge in [-0.05, 0) is 37.3 Å². The van der Waals surface area contributed by atoms with Crippen molar-refractivity contribution in [2.45, 2.75) is 78.5 Å². The van der Waals surface area contributed by atoms with Crippen LogP contribution < -0.4 is 0 Å². The minimum atomic E-state index is -0.121. The van der Waals surface area contributed by atoms with Gasteiger partial charge in [0.05, 0.1) is 11.7 Å². The average Bonchev–Trinajstić information content (AvgIpc) is 2.55. The quantitative estimate of drug-likeness (QED) is 0.561. The Morgan fingerprint density at radius 1 is 1.42 bits per heavy atom. The number of nitrogens with zero attached hydrogens (tertiary/aromatic N) is 2. The molecule has 0 saturated carbocycles.